The molecule has 0 bridgehead atoms. The van der Waals surface area contributed by atoms with E-state index in [-0.39, 0.29) is 11.8 Å². The third-order valence-corrected chi connectivity index (χ3v) is 8.46. The van der Waals surface area contributed by atoms with Crippen molar-refractivity contribution in [1.29, 1.82) is 0 Å². The number of nitrogens with one attached hydrogen (secondary N) is 7. The van der Waals surface area contributed by atoms with Gasteiger partial charge in [-0.15, -0.1) is 0 Å². The Balaban J connectivity index is 5.70. The fraction of sp³-hybridized carbons (Fsp3) is 0.765. The van der Waals surface area contributed by atoms with Crippen molar-refractivity contribution in [2.45, 2.75) is 124 Å². The second-order valence-corrected chi connectivity index (χ2v) is 14.0. The van der Waals surface area contributed by atoms with Crippen LogP contribution in [0.25, 0.3) is 0 Å². The van der Waals surface area contributed by atoms with Crippen molar-refractivity contribution in [3.63, 3.8) is 0 Å². The van der Waals surface area contributed by atoms with E-state index in [4.69, 9.17) is 11.5 Å². The minimum atomic E-state index is -1.50. The van der Waals surface area contributed by atoms with Gasteiger partial charge in [-0.25, -0.2) is 0 Å². The second kappa shape index (κ2) is 24.0. The maximum absolute atomic E-state index is 13.5. The molecule has 0 heterocycles. The van der Waals surface area contributed by atoms with Gasteiger partial charge in [0.15, 0.2) is 0 Å². The normalized spacial score (nSPS) is 15.3. The third-order valence-electron chi connectivity index (χ3n) is 8.46. The molecule has 0 saturated carbocycles. The maximum atomic E-state index is 13.5. The number of carbonyl (C=O) groups is 8. The average molecular weight is 742 g/mol. The molecule has 0 rings (SSSR count). The Hall–Kier alpha value is -4.32. The van der Waals surface area contributed by atoms with Crippen LogP contribution in [0, 0.1) is 23.7 Å². The third kappa shape index (κ3) is 16.8. The lowest BCUT2D eigenvalue weighted by Gasteiger charge is -2.31. The lowest BCUT2D eigenvalue weighted by molar-refractivity contribution is -0.137. The van der Waals surface area contributed by atoms with Crippen molar-refractivity contribution in [2.75, 3.05) is 19.7 Å². The van der Waals surface area contributed by atoms with Gasteiger partial charge >= 0.3 is 0 Å². The molecule has 0 aliphatic heterocycles. The number of aliphatic hydroxyl groups is 1. The van der Waals surface area contributed by atoms with Crippen LogP contribution in [0.1, 0.15) is 88.0 Å². The maximum Gasteiger partial charge on any atom is 0.245 e. The van der Waals surface area contributed by atoms with Gasteiger partial charge in [-0.05, 0) is 49.5 Å². The minimum absolute atomic E-state index is 0.299. The van der Waals surface area contributed by atoms with Crippen LogP contribution < -0.4 is 48.7 Å². The number of unbranched alkanes of at least 4 members (excludes halogenated alkanes) is 1. The summed E-state index contributed by atoms with van der Waals surface area (Å²) in [5.41, 5.74) is 10.9. The quantitative estimate of drug-likeness (QED) is 0.0470. The summed E-state index contributed by atoms with van der Waals surface area (Å²) in [6.07, 6.45) is 2.00. The molecule has 0 aromatic carbocycles. The zero-order valence-electron chi connectivity index (χ0n) is 32.1. The predicted octanol–water partition coefficient (Wildman–Crippen LogP) is -2.35. The van der Waals surface area contributed by atoms with Gasteiger partial charge in [-0.1, -0.05) is 61.8 Å². The summed E-state index contributed by atoms with van der Waals surface area (Å²) in [5, 5.41) is 27.6. The molecule has 0 saturated heterocycles. The van der Waals surface area contributed by atoms with Gasteiger partial charge in [0.1, 0.15) is 36.3 Å². The van der Waals surface area contributed by atoms with Gasteiger partial charge < -0.3 is 53.8 Å². The monoisotopic (exact) mass is 741 g/mol. The Morgan fingerprint density at radius 2 is 1.06 bits per heavy atom. The van der Waals surface area contributed by atoms with E-state index in [2.05, 4.69) is 37.2 Å². The molecule has 0 aliphatic rings. The van der Waals surface area contributed by atoms with Crippen LogP contribution in [0.2, 0.25) is 0 Å². The molecule has 8 amide bonds. The lowest BCUT2D eigenvalue weighted by atomic mass is 9.95. The molecule has 0 spiro atoms. The van der Waals surface area contributed by atoms with Crippen molar-refractivity contribution in [2.24, 2.45) is 35.1 Å². The van der Waals surface area contributed by atoms with Crippen LogP contribution in [-0.4, -0.2) is 108 Å². The number of hydrogen-bond donors (Lipinski definition) is 10. The van der Waals surface area contributed by atoms with E-state index in [1.165, 1.54) is 6.92 Å². The topological polar surface area (TPSA) is 293 Å². The number of hydrogen-bond acceptors (Lipinski definition) is 10. The molecule has 7 unspecified atom stereocenters. The van der Waals surface area contributed by atoms with E-state index in [0.717, 1.165) is 0 Å². The molecule has 52 heavy (non-hydrogen) atoms. The molecule has 0 aromatic rings. The first-order chi connectivity index (χ1) is 24.2. The van der Waals surface area contributed by atoms with E-state index in [1.54, 1.807) is 48.5 Å². The smallest absolute Gasteiger partial charge is 0.245 e. The van der Waals surface area contributed by atoms with E-state index < -0.39 is 108 Å². The van der Waals surface area contributed by atoms with Gasteiger partial charge in [0.25, 0.3) is 0 Å². The van der Waals surface area contributed by atoms with Gasteiger partial charge in [0.2, 0.25) is 47.3 Å². The summed E-state index contributed by atoms with van der Waals surface area (Å²) in [6, 6.07) is -6.76. The number of amides is 8. The molecular formula is C34H63N9O9. The number of rotatable bonds is 24. The Bertz CT molecular complexity index is 1230. The van der Waals surface area contributed by atoms with Gasteiger partial charge in [0, 0.05) is 6.92 Å². The van der Waals surface area contributed by atoms with E-state index >= 15 is 0 Å². The van der Waals surface area contributed by atoms with Crippen LogP contribution in [0.3, 0.4) is 0 Å². The molecule has 0 aromatic heterocycles. The van der Waals surface area contributed by atoms with Crippen LogP contribution in [0.5, 0.6) is 0 Å². The molecular weight excluding hydrogens is 678 g/mol. The first-order valence-corrected chi connectivity index (χ1v) is 17.9. The summed E-state index contributed by atoms with van der Waals surface area (Å²) in [5.74, 6) is -7.12. The highest BCUT2D eigenvalue weighted by Gasteiger charge is 2.36. The number of carbonyl (C=O) groups excluding carboxylic acids is 8. The highest BCUT2D eigenvalue weighted by molar-refractivity contribution is 5.97. The summed E-state index contributed by atoms with van der Waals surface area (Å²) in [6.45, 7) is 13.9. The highest BCUT2D eigenvalue weighted by Crippen LogP contribution is 2.13. The van der Waals surface area contributed by atoms with Gasteiger partial charge in [-0.3, -0.25) is 38.4 Å². The van der Waals surface area contributed by atoms with Crippen molar-refractivity contribution in [3.8, 4) is 0 Å². The van der Waals surface area contributed by atoms with Crippen LogP contribution >= 0.6 is 0 Å². The van der Waals surface area contributed by atoms with Crippen molar-refractivity contribution < 1.29 is 43.5 Å². The number of aliphatic hydroxyl groups excluding tert-OH is 1. The molecule has 18 heteroatoms. The largest absolute Gasteiger partial charge is 0.394 e. The summed E-state index contributed by atoms with van der Waals surface area (Å²) >= 11 is 0. The van der Waals surface area contributed by atoms with Gasteiger partial charge in [-0.2, -0.15) is 0 Å². The Morgan fingerprint density at radius 3 is 1.48 bits per heavy atom. The van der Waals surface area contributed by atoms with E-state index in [0.29, 0.717) is 32.2 Å². The van der Waals surface area contributed by atoms with Crippen LogP contribution in [0.15, 0.2) is 0 Å². The summed E-state index contributed by atoms with van der Waals surface area (Å²) < 4.78 is 0. The Kier molecular flexibility index (Phi) is 22.0. The average Bonchev–Trinajstić information content (AvgIpc) is 3.06. The standard InChI is InChI=1S/C34H63N9O9/c1-10-20(8)28(34(52)40-25(17(2)3)29(36)47)43-33(51)27(19(6)7)42-32(50)26(18(4)5)41-31(49)23(16-44)39-24(46)15-37-30(48)22(38-21(9)45)13-11-12-14-35/h17-20,22-23,25-28,44H,10-16,35H2,1-9H3,(H2,36,47)(H,37,48)(H,38,45)(H,39,46)(H,40,52)(H,41,49)(H,42,50)(H,43,51). The van der Waals surface area contributed by atoms with Crippen LogP contribution in [-0.2, 0) is 38.4 Å². The lowest BCUT2D eigenvalue weighted by Crippen LogP contribution is -2.62. The number of nitrogens with two attached hydrogens (primary N) is 2. The summed E-state index contributed by atoms with van der Waals surface area (Å²) in [4.78, 5) is 102. The second-order valence-electron chi connectivity index (χ2n) is 14.0. The minimum Gasteiger partial charge on any atom is -0.394 e. The fourth-order valence-corrected chi connectivity index (χ4v) is 5.06. The molecule has 7 atom stereocenters. The molecule has 12 N–H and O–H groups in total. The number of primary amides is 1. The van der Waals surface area contributed by atoms with Crippen molar-refractivity contribution in [1.82, 2.24) is 37.2 Å². The SMILES string of the molecule is CCC(C)C(NC(=O)C(NC(=O)C(NC(=O)C(CO)NC(=O)CNC(=O)C(CCCCN)NC(C)=O)C(C)C)C(C)C)C(=O)NC(C(N)=O)C(C)C. The Morgan fingerprint density at radius 1 is 0.596 bits per heavy atom. The molecule has 298 valence electrons. The predicted molar refractivity (Wildman–Crippen MR) is 193 cm³/mol. The van der Waals surface area contributed by atoms with Crippen molar-refractivity contribution in [3.05, 3.63) is 0 Å². The molecule has 0 radical (unpaired) electrons. The van der Waals surface area contributed by atoms with E-state index in [1.807, 2.05) is 6.92 Å². The summed E-state index contributed by atoms with van der Waals surface area (Å²) in [7, 11) is 0. The van der Waals surface area contributed by atoms with Gasteiger partial charge in [0.05, 0.1) is 13.2 Å². The molecule has 0 fully saturated rings. The fourth-order valence-electron chi connectivity index (χ4n) is 5.06. The first-order valence-electron chi connectivity index (χ1n) is 17.9. The zero-order valence-corrected chi connectivity index (χ0v) is 32.1. The zero-order chi connectivity index (χ0) is 40.3. The Labute approximate surface area is 306 Å². The van der Waals surface area contributed by atoms with E-state index in [9.17, 15) is 43.5 Å². The van der Waals surface area contributed by atoms with Crippen molar-refractivity contribution >= 4 is 47.3 Å². The highest BCUT2D eigenvalue weighted by atomic mass is 16.3. The molecule has 0 aliphatic carbocycles. The van der Waals surface area contributed by atoms with Crippen LogP contribution in [0.4, 0.5) is 0 Å². The first kappa shape index (κ1) is 47.7. The molecule has 18 nitrogen and oxygen atoms in total.